The number of rotatable bonds is 5. The van der Waals surface area contributed by atoms with Gasteiger partial charge in [-0.1, -0.05) is 58.3 Å². The van der Waals surface area contributed by atoms with Crippen molar-refractivity contribution < 1.29 is 4.79 Å². The fourth-order valence-electron chi connectivity index (χ4n) is 4.03. The van der Waals surface area contributed by atoms with Gasteiger partial charge in [0, 0.05) is 11.8 Å². The summed E-state index contributed by atoms with van der Waals surface area (Å²) < 4.78 is 0. The van der Waals surface area contributed by atoms with E-state index in [1.165, 1.54) is 70.6 Å². The number of hydrogen-bond acceptors (Lipinski definition) is 1. The van der Waals surface area contributed by atoms with Gasteiger partial charge in [-0.3, -0.25) is 4.79 Å². The molecule has 1 heteroatoms. The van der Waals surface area contributed by atoms with Crippen molar-refractivity contribution in [2.45, 2.75) is 84.0 Å². The molecule has 104 valence electrons. The second-order valence-corrected chi connectivity index (χ2v) is 6.58. The molecule has 0 aliphatic heterocycles. The van der Waals surface area contributed by atoms with Gasteiger partial charge in [-0.25, -0.2) is 0 Å². The Morgan fingerprint density at radius 1 is 0.944 bits per heavy atom. The fourth-order valence-corrected chi connectivity index (χ4v) is 4.03. The maximum atomic E-state index is 12.6. The van der Waals surface area contributed by atoms with Crippen LogP contribution in [0.1, 0.15) is 84.0 Å². The first-order valence-electron chi connectivity index (χ1n) is 8.35. The third-order valence-electron chi connectivity index (χ3n) is 5.25. The molecule has 0 aromatic heterocycles. The number of ketones is 1. The van der Waals surface area contributed by atoms with Gasteiger partial charge in [-0.2, -0.15) is 0 Å². The van der Waals surface area contributed by atoms with Crippen LogP contribution in [0.3, 0.4) is 0 Å². The van der Waals surface area contributed by atoms with Crippen molar-refractivity contribution in [3.63, 3.8) is 0 Å². The van der Waals surface area contributed by atoms with E-state index < -0.39 is 0 Å². The molecule has 0 bridgehead atoms. The molecule has 0 spiro atoms. The van der Waals surface area contributed by atoms with E-state index in [0.717, 1.165) is 12.3 Å². The summed E-state index contributed by atoms with van der Waals surface area (Å²) >= 11 is 0. The molecule has 0 amide bonds. The van der Waals surface area contributed by atoms with Crippen molar-refractivity contribution in [3.8, 4) is 0 Å². The lowest BCUT2D eigenvalue weighted by Crippen LogP contribution is -2.27. The Kier molecular flexibility index (Phi) is 5.72. The van der Waals surface area contributed by atoms with Crippen molar-refractivity contribution in [2.24, 2.45) is 17.8 Å². The number of hydrogen-bond donors (Lipinski definition) is 0. The zero-order valence-electron chi connectivity index (χ0n) is 12.1. The van der Waals surface area contributed by atoms with Gasteiger partial charge < -0.3 is 0 Å². The van der Waals surface area contributed by atoms with Crippen LogP contribution >= 0.6 is 0 Å². The number of carbonyl (C=O) groups excluding carboxylic acids is 1. The van der Waals surface area contributed by atoms with Gasteiger partial charge in [0.25, 0.3) is 0 Å². The highest BCUT2D eigenvalue weighted by atomic mass is 16.1. The summed E-state index contributed by atoms with van der Waals surface area (Å²) in [6, 6.07) is 0. The van der Waals surface area contributed by atoms with Crippen LogP contribution in [-0.4, -0.2) is 5.78 Å². The van der Waals surface area contributed by atoms with Gasteiger partial charge >= 0.3 is 0 Å². The molecule has 1 atom stereocenters. The summed E-state index contributed by atoms with van der Waals surface area (Å²) in [7, 11) is 0. The van der Waals surface area contributed by atoms with Gasteiger partial charge in [-0.15, -0.1) is 0 Å². The molecule has 0 radical (unpaired) electrons. The molecule has 0 aromatic rings. The third kappa shape index (κ3) is 3.83. The summed E-state index contributed by atoms with van der Waals surface area (Å²) in [6.45, 7) is 2.22. The number of Topliss-reactive ketones (excluding diaryl/α,β-unsaturated/α-hetero) is 1. The average molecular weight is 250 g/mol. The normalized spacial score (nSPS) is 24.9. The van der Waals surface area contributed by atoms with Gasteiger partial charge in [0.15, 0.2) is 0 Å². The van der Waals surface area contributed by atoms with E-state index in [0.29, 0.717) is 17.6 Å². The molecule has 2 aliphatic rings. The predicted molar refractivity (Wildman–Crippen MR) is 76.6 cm³/mol. The van der Waals surface area contributed by atoms with Gasteiger partial charge in [0.1, 0.15) is 5.78 Å². The Labute approximate surface area is 113 Å². The van der Waals surface area contributed by atoms with Crippen LogP contribution in [0.25, 0.3) is 0 Å². The maximum Gasteiger partial charge on any atom is 0.139 e. The molecule has 0 aromatic carbocycles. The minimum absolute atomic E-state index is 0.385. The van der Waals surface area contributed by atoms with Gasteiger partial charge in [0.2, 0.25) is 0 Å². The average Bonchev–Trinajstić information content (AvgIpc) is 2.46. The Hall–Kier alpha value is -0.330. The summed E-state index contributed by atoms with van der Waals surface area (Å²) in [5.74, 6) is 2.29. The van der Waals surface area contributed by atoms with E-state index in [1.807, 2.05) is 0 Å². The molecular formula is C17H30O. The van der Waals surface area contributed by atoms with Crippen molar-refractivity contribution in [1.82, 2.24) is 0 Å². The van der Waals surface area contributed by atoms with Crippen LogP contribution in [-0.2, 0) is 4.79 Å². The van der Waals surface area contributed by atoms with Gasteiger partial charge in [0.05, 0.1) is 0 Å². The summed E-state index contributed by atoms with van der Waals surface area (Å²) in [4.78, 5) is 12.6. The second kappa shape index (κ2) is 7.31. The topological polar surface area (TPSA) is 17.1 Å². The summed E-state index contributed by atoms with van der Waals surface area (Å²) in [5, 5.41) is 0. The van der Waals surface area contributed by atoms with Crippen LogP contribution < -0.4 is 0 Å². The maximum absolute atomic E-state index is 12.6. The van der Waals surface area contributed by atoms with E-state index in [-0.39, 0.29) is 0 Å². The first-order chi connectivity index (χ1) is 8.81. The molecule has 2 fully saturated rings. The standard InChI is InChI=1S/C17H30O/c1-2-15(13-14-9-5-3-6-10-14)17(18)16-11-7-4-8-12-16/h14-16H,2-13H2,1H3. The minimum atomic E-state index is 0.385. The van der Waals surface area contributed by atoms with Crippen LogP contribution in [0.2, 0.25) is 0 Å². The Balaban J connectivity index is 1.84. The highest BCUT2D eigenvalue weighted by molar-refractivity contribution is 5.83. The highest BCUT2D eigenvalue weighted by Crippen LogP contribution is 2.34. The van der Waals surface area contributed by atoms with Crippen molar-refractivity contribution in [3.05, 3.63) is 0 Å². The first-order valence-corrected chi connectivity index (χ1v) is 8.35. The van der Waals surface area contributed by atoms with Crippen LogP contribution in [0, 0.1) is 17.8 Å². The summed E-state index contributed by atoms with van der Waals surface area (Å²) in [6.07, 6.45) is 15.6. The Morgan fingerprint density at radius 3 is 2.06 bits per heavy atom. The molecule has 1 unspecified atom stereocenters. The van der Waals surface area contributed by atoms with E-state index in [4.69, 9.17) is 0 Å². The lowest BCUT2D eigenvalue weighted by Gasteiger charge is -2.29. The molecule has 0 heterocycles. The van der Waals surface area contributed by atoms with Crippen molar-refractivity contribution in [1.29, 1.82) is 0 Å². The second-order valence-electron chi connectivity index (χ2n) is 6.58. The quantitative estimate of drug-likeness (QED) is 0.661. The van der Waals surface area contributed by atoms with Crippen molar-refractivity contribution in [2.75, 3.05) is 0 Å². The highest BCUT2D eigenvalue weighted by Gasteiger charge is 2.29. The lowest BCUT2D eigenvalue weighted by molar-refractivity contribution is -0.128. The monoisotopic (exact) mass is 250 g/mol. The molecule has 0 saturated heterocycles. The molecule has 2 aliphatic carbocycles. The zero-order chi connectivity index (χ0) is 12.8. The van der Waals surface area contributed by atoms with E-state index in [1.54, 1.807) is 0 Å². The van der Waals surface area contributed by atoms with Gasteiger partial charge in [-0.05, 0) is 31.6 Å². The van der Waals surface area contributed by atoms with Crippen LogP contribution in [0.4, 0.5) is 0 Å². The lowest BCUT2D eigenvalue weighted by atomic mass is 9.75. The molecule has 18 heavy (non-hydrogen) atoms. The van der Waals surface area contributed by atoms with Crippen molar-refractivity contribution >= 4 is 5.78 Å². The SMILES string of the molecule is CCC(CC1CCCCC1)C(=O)C1CCCCC1. The minimum Gasteiger partial charge on any atom is -0.299 e. The fraction of sp³-hybridized carbons (Fsp3) is 0.941. The Bertz CT molecular complexity index is 246. The number of carbonyl (C=O) groups is 1. The molecule has 0 N–H and O–H groups in total. The molecule has 2 saturated carbocycles. The van der Waals surface area contributed by atoms with Crippen LogP contribution in [0.15, 0.2) is 0 Å². The predicted octanol–water partition coefficient (Wildman–Crippen LogP) is 5.13. The first kappa shape index (κ1) is 14.1. The van der Waals surface area contributed by atoms with E-state index in [2.05, 4.69) is 6.92 Å². The summed E-state index contributed by atoms with van der Waals surface area (Å²) in [5.41, 5.74) is 0. The van der Waals surface area contributed by atoms with E-state index >= 15 is 0 Å². The molecule has 2 rings (SSSR count). The smallest absolute Gasteiger partial charge is 0.139 e. The molecule has 1 nitrogen and oxygen atoms in total. The molecular weight excluding hydrogens is 220 g/mol. The Morgan fingerprint density at radius 2 is 1.50 bits per heavy atom. The third-order valence-corrected chi connectivity index (χ3v) is 5.25. The van der Waals surface area contributed by atoms with E-state index in [9.17, 15) is 4.79 Å². The largest absolute Gasteiger partial charge is 0.299 e. The zero-order valence-corrected chi connectivity index (χ0v) is 12.1. The van der Waals surface area contributed by atoms with Crippen LogP contribution in [0.5, 0.6) is 0 Å².